The molecule has 1 aliphatic carbocycles. The molecule has 228 valence electrons. The summed E-state index contributed by atoms with van der Waals surface area (Å²) in [6.07, 6.45) is 16.0. The van der Waals surface area contributed by atoms with Crippen LogP contribution in [-0.4, -0.2) is 38.8 Å². The zero-order valence-electron chi connectivity index (χ0n) is 26.1. The monoisotopic (exact) mass is 584 g/mol. The minimum Gasteiger partial charge on any atom is -0.461 e. The quantitative estimate of drug-likeness (QED) is 0.0836. The van der Waals surface area contributed by atoms with Gasteiger partial charge in [-0.05, 0) is 49.4 Å². The summed E-state index contributed by atoms with van der Waals surface area (Å²) in [7, 11) is -1.93. The smallest absolute Gasteiger partial charge is 0.461 e. The number of rotatable bonds is 16. The van der Waals surface area contributed by atoms with E-state index in [4.69, 9.17) is 18.6 Å². The molecule has 1 aromatic carbocycles. The maximum Gasteiger partial charge on any atom is 0.508 e. The molecule has 0 radical (unpaired) electrons. The Morgan fingerprint density at radius 3 is 2.51 bits per heavy atom. The van der Waals surface area contributed by atoms with Gasteiger partial charge in [-0.15, -0.1) is 0 Å². The van der Waals surface area contributed by atoms with Crippen molar-refractivity contribution in [1.82, 2.24) is 0 Å². The molecule has 7 heteroatoms. The summed E-state index contributed by atoms with van der Waals surface area (Å²) in [6.45, 7) is 14.0. The molecule has 2 aliphatic rings. The Bertz CT molecular complexity index is 1010. The highest BCUT2D eigenvalue weighted by Crippen LogP contribution is 2.43. The van der Waals surface area contributed by atoms with Crippen molar-refractivity contribution in [3.05, 3.63) is 60.2 Å². The summed E-state index contributed by atoms with van der Waals surface area (Å²) >= 11 is 0. The zero-order chi connectivity index (χ0) is 29.9. The predicted molar refractivity (Wildman–Crippen MR) is 166 cm³/mol. The summed E-state index contributed by atoms with van der Waals surface area (Å²) in [5, 5.41) is 0.142. The van der Waals surface area contributed by atoms with Crippen molar-refractivity contribution in [1.29, 1.82) is 0 Å². The number of unbranched alkanes of at least 4 members (excludes halogenated alkanes) is 3. The lowest BCUT2D eigenvalue weighted by Gasteiger charge is -2.39. The molecular weight excluding hydrogens is 532 g/mol. The molecule has 2 bridgehead atoms. The number of allylic oxidation sites excluding steroid dienone is 2. The van der Waals surface area contributed by atoms with E-state index in [0.29, 0.717) is 13.0 Å². The summed E-state index contributed by atoms with van der Waals surface area (Å²) in [4.78, 5) is 24.2. The Balaban J connectivity index is 1.55. The van der Waals surface area contributed by atoms with Gasteiger partial charge < -0.3 is 18.6 Å². The maximum atomic E-state index is 12.1. The third kappa shape index (κ3) is 10.4. The van der Waals surface area contributed by atoms with Crippen LogP contribution in [0.5, 0.6) is 0 Å². The molecule has 1 heterocycles. The third-order valence-corrected chi connectivity index (χ3v) is 13.3. The number of hydrogen-bond donors (Lipinski definition) is 0. The van der Waals surface area contributed by atoms with E-state index in [0.717, 1.165) is 44.1 Å². The van der Waals surface area contributed by atoms with E-state index in [2.05, 4.69) is 65.1 Å². The van der Waals surface area contributed by atoms with E-state index in [-0.39, 0.29) is 41.2 Å². The van der Waals surface area contributed by atoms with Crippen LogP contribution in [0, 0.1) is 11.8 Å². The third-order valence-electron chi connectivity index (χ3n) is 8.82. The average molecular weight is 585 g/mol. The van der Waals surface area contributed by atoms with Gasteiger partial charge in [0, 0.05) is 24.7 Å². The van der Waals surface area contributed by atoms with E-state index < -0.39 is 14.5 Å². The Labute approximate surface area is 249 Å². The lowest BCUT2D eigenvalue weighted by molar-refractivity contribution is -0.145. The molecule has 5 atom stereocenters. The number of fused-ring (bicyclic) bond motifs is 2. The molecule has 0 aromatic heterocycles. The van der Waals surface area contributed by atoms with Crippen LogP contribution < -0.4 is 0 Å². The minimum absolute atomic E-state index is 0.0670. The molecule has 1 aromatic rings. The summed E-state index contributed by atoms with van der Waals surface area (Å²) < 4.78 is 23.4. The van der Waals surface area contributed by atoms with Crippen LogP contribution in [0.1, 0.15) is 91.0 Å². The van der Waals surface area contributed by atoms with Crippen LogP contribution in [0.2, 0.25) is 18.1 Å². The van der Waals surface area contributed by atoms with Gasteiger partial charge in [0.2, 0.25) is 0 Å². The summed E-state index contributed by atoms with van der Waals surface area (Å²) in [6, 6.07) is 9.73. The average Bonchev–Trinajstić information content (AvgIpc) is 3.16. The van der Waals surface area contributed by atoms with E-state index in [1.807, 2.05) is 30.3 Å². The fourth-order valence-electron chi connectivity index (χ4n) is 5.34. The Hall–Kier alpha value is -2.38. The first kappa shape index (κ1) is 33.1. The molecule has 0 N–H and O–H groups in total. The van der Waals surface area contributed by atoms with Crippen molar-refractivity contribution in [2.45, 2.75) is 129 Å². The molecule has 0 unspecified atom stereocenters. The Kier molecular flexibility index (Phi) is 12.7. The highest BCUT2D eigenvalue weighted by Gasteiger charge is 2.49. The summed E-state index contributed by atoms with van der Waals surface area (Å²) in [5.41, 5.74) is 0.995. The van der Waals surface area contributed by atoms with Crippen LogP contribution in [0.3, 0.4) is 0 Å². The highest BCUT2D eigenvalue weighted by atomic mass is 28.4. The molecule has 0 spiro atoms. The maximum absolute atomic E-state index is 12.1. The van der Waals surface area contributed by atoms with Crippen LogP contribution >= 0.6 is 0 Å². The van der Waals surface area contributed by atoms with Gasteiger partial charge in [-0.25, -0.2) is 4.79 Å². The van der Waals surface area contributed by atoms with Gasteiger partial charge in [0.1, 0.15) is 18.8 Å². The van der Waals surface area contributed by atoms with E-state index in [1.54, 1.807) is 0 Å². The second kappa shape index (κ2) is 15.7. The number of carbonyl (C=O) groups excluding carboxylic acids is 2. The van der Waals surface area contributed by atoms with Gasteiger partial charge in [0.25, 0.3) is 0 Å². The second-order valence-electron chi connectivity index (χ2n) is 13.1. The van der Waals surface area contributed by atoms with Crippen molar-refractivity contribution < 1.29 is 28.2 Å². The molecule has 3 rings (SSSR count). The number of carbonyl (C=O) groups is 2. The van der Waals surface area contributed by atoms with Gasteiger partial charge in [-0.3, -0.25) is 4.79 Å². The SMILES string of the molecule is CCCCC[C@@H](/C=C/[C@@H]1[C@@H](C/C=C\CCCC(=O)OCc2ccccc2)[C@@H]2C[C@H]1OC(=O)O2)O[Si](C)(C)C(C)(C)C. The largest absolute Gasteiger partial charge is 0.508 e. The molecule has 1 saturated heterocycles. The molecule has 2 fully saturated rings. The van der Waals surface area contributed by atoms with Crippen LogP contribution in [-0.2, 0) is 30.0 Å². The molecule has 6 nitrogen and oxygen atoms in total. The van der Waals surface area contributed by atoms with Crippen molar-refractivity contribution in [3.8, 4) is 0 Å². The second-order valence-corrected chi connectivity index (χ2v) is 17.8. The van der Waals surface area contributed by atoms with Crippen LogP contribution in [0.25, 0.3) is 0 Å². The molecule has 41 heavy (non-hydrogen) atoms. The van der Waals surface area contributed by atoms with Gasteiger partial charge >= 0.3 is 12.1 Å². The topological polar surface area (TPSA) is 71.1 Å². The van der Waals surface area contributed by atoms with Crippen LogP contribution in [0.4, 0.5) is 4.79 Å². The number of ether oxygens (including phenoxy) is 3. The highest BCUT2D eigenvalue weighted by molar-refractivity contribution is 6.74. The standard InChI is InChI=1S/C34H52O6Si/c1-7-8-12-19-27(40-41(5,6)34(2,3)4)22-23-29-28(30-24-31(29)39-33(36)38-30)20-15-9-10-16-21-32(35)37-25-26-17-13-11-14-18-26/h9,11,13-15,17-18,22-23,27-31H,7-8,10,12,16,19-21,24-25H2,1-6H3/b15-9-,23-22+/t27-,28+,29+,30-,31+/m0/s1. The molecule has 0 amide bonds. The van der Waals surface area contributed by atoms with Gasteiger partial charge in [0.15, 0.2) is 8.32 Å². The fraction of sp³-hybridized carbons (Fsp3) is 0.647. The Morgan fingerprint density at radius 1 is 1.07 bits per heavy atom. The number of esters is 1. The van der Waals surface area contributed by atoms with E-state index >= 15 is 0 Å². The fourth-order valence-corrected chi connectivity index (χ4v) is 6.65. The van der Waals surface area contributed by atoms with Gasteiger partial charge in [-0.2, -0.15) is 0 Å². The predicted octanol–water partition coefficient (Wildman–Crippen LogP) is 8.91. The first-order chi connectivity index (χ1) is 19.5. The molecule has 1 aliphatic heterocycles. The van der Waals surface area contributed by atoms with Gasteiger partial charge in [-0.1, -0.05) is 102 Å². The van der Waals surface area contributed by atoms with Crippen molar-refractivity contribution in [2.75, 3.05) is 0 Å². The Morgan fingerprint density at radius 2 is 1.80 bits per heavy atom. The lowest BCUT2D eigenvalue weighted by Crippen LogP contribution is -2.43. The normalized spacial score (nSPS) is 23.5. The minimum atomic E-state index is -1.93. The van der Waals surface area contributed by atoms with Crippen molar-refractivity contribution >= 4 is 20.4 Å². The zero-order valence-corrected chi connectivity index (χ0v) is 27.1. The number of benzene rings is 1. The molecule has 1 saturated carbocycles. The summed E-state index contributed by atoms with van der Waals surface area (Å²) in [5.74, 6) is 0.0919. The lowest BCUT2D eigenvalue weighted by atomic mass is 9.89. The van der Waals surface area contributed by atoms with E-state index in [1.165, 1.54) is 12.8 Å². The van der Waals surface area contributed by atoms with E-state index in [9.17, 15) is 9.59 Å². The van der Waals surface area contributed by atoms with Crippen LogP contribution in [0.15, 0.2) is 54.6 Å². The first-order valence-corrected chi connectivity index (χ1v) is 18.5. The van der Waals surface area contributed by atoms with Crippen molar-refractivity contribution in [2.24, 2.45) is 11.8 Å². The number of hydrogen-bond acceptors (Lipinski definition) is 6. The molecular formula is C34H52O6Si. The van der Waals surface area contributed by atoms with Crippen molar-refractivity contribution in [3.63, 3.8) is 0 Å². The first-order valence-electron chi connectivity index (χ1n) is 15.6. The van der Waals surface area contributed by atoms with Gasteiger partial charge in [0.05, 0.1) is 6.10 Å².